The number of hydrogen-bond acceptors (Lipinski definition) is 1. The smallest absolute Gasteiger partial charge is 0.0232 e. The van der Waals surface area contributed by atoms with E-state index in [4.69, 9.17) is 0 Å². The van der Waals surface area contributed by atoms with Gasteiger partial charge in [-0.15, -0.1) is 0 Å². The van der Waals surface area contributed by atoms with E-state index in [9.17, 15) is 0 Å². The first-order valence-electron chi connectivity index (χ1n) is 5.36. The summed E-state index contributed by atoms with van der Waals surface area (Å²) in [6, 6.07) is 0.561. The van der Waals surface area contributed by atoms with Crippen LogP contribution in [0, 0.1) is 11.8 Å². The molecule has 1 nitrogen and oxygen atoms in total. The summed E-state index contributed by atoms with van der Waals surface area (Å²) in [4.78, 5) is 0. The zero-order valence-corrected chi connectivity index (χ0v) is 9.85. The lowest BCUT2D eigenvalue weighted by Crippen LogP contribution is -2.26. The van der Waals surface area contributed by atoms with Crippen molar-refractivity contribution in [1.29, 1.82) is 0 Å². The molecule has 0 rings (SSSR count). The summed E-state index contributed by atoms with van der Waals surface area (Å²) in [5, 5.41) is 3.45. The highest BCUT2D eigenvalue weighted by molar-refractivity contribution is 4.93. The van der Waals surface area contributed by atoms with Crippen molar-refractivity contribution in [2.24, 2.45) is 11.8 Å². The van der Waals surface area contributed by atoms with Crippen LogP contribution in [0.25, 0.3) is 0 Å². The second-order valence-corrected chi connectivity index (χ2v) is 4.88. The van der Waals surface area contributed by atoms with Gasteiger partial charge in [0.1, 0.15) is 0 Å². The van der Waals surface area contributed by atoms with Crippen molar-refractivity contribution in [3.63, 3.8) is 0 Å². The first-order valence-corrected chi connectivity index (χ1v) is 5.36. The largest absolute Gasteiger partial charge is 0.386 e. The molecule has 0 aromatic rings. The van der Waals surface area contributed by atoms with Gasteiger partial charge < -0.3 is 5.32 Å². The molecule has 0 radical (unpaired) electrons. The molecule has 1 heteroatoms. The summed E-state index contributed by atoms with van der Waals surface area (Å²) in [6.07, 6.45) is 2.31. The zero-order chi connectivity index (χ0) is 10.4. The highest BCUT2D eigenvalue weighted by atomic mass is 14.9. The van der Waals surface area contributed by atoms with Gasteiger partial charge in [0.25, 0.3) is 0 Å². The Morgan fingerprint density at radius 1 is 1.08 bits per heavy atom. The van der Waals surface area contributed by atoms with Gasteiger partial charge in [0.05, 0.1) is 0 Å². The number of hydrogen-bond donors (Lipinski definition) is 1. The van der Waals surface area contributed by atoms with Crippen molar-refractivity contribution >= 4 is 0 Å². The second-order valence-electron chi connectivity index (χ2n) is 4.88. The molecule has 0 fully saturated rings. The molecular formula is C12H25N. The van der Waals surface area contributed by atoms with Crippen LogP contribution in [0.2, 0.25) is 0 Å². The lowest BCUT2D eigenvalue weighted by atomic mass is 10.0. The number of rotatable bonds is 6. The van der Waals surface area contributed by atoms with Crippen molar-refractivity contribution in [2.75, 3.05) is 0 Å². The zero-order valence-electron chi connectivity index (χ0n) is 9.85. The standard InChI is InChI=1S/C12H25N/c1-9(2)7-11(5)13-12(6)8-10(3)4/h9-10,12-13H,5,7-8H2,1-4,6H3. The Balaban J connectivity index is 3.65. The SMILES string of the molecule is C=C(CC(C)C)NC(C)CC(C)C. The second kappa shape index (κ2) is 6.06. The third-order valence-corrected chi connectivity index (χ3v) is 1.93. The molecule has 0 aliphatic rings. The molecule has 1 N–H and O–H groups in total. The first kappa shape index (κ1) is 12.5. The molecule has 13 heavy (non-hydrogen) atoms. The molecule has 0 aromatic carbocycles. The van der Waals surface area contributed by atoms with E-state index >= 15 is 0 Å². The monoisotopic (exact) mass is 183 g/mol. The number of nitrogens with one attached hydrogen (secondary N) is 1. The lowest BCUT2D eigenvalue weighted by Gasteiger charge is -2.19. The Labute approximate surface area is 83.6 Å². The van der Waals surface area contributed by atoms with Gasteiger partial charge >= 0.3 is 0 Å². The van der Waals surface area contributed by atoms with Crippen molar-refractivity contribution in [2.45, 2.75) is 53.5 Å². The van der Waals surface area contributed by atoms with E-state index in [0.717, 1.165) is 12.3 Å². The highest BCUT2D eigenvalue weighted by Gasteiger charge is 2.06. The molecule has 0 bridgehead atoms. The molecule has 0 saturated carbocycles. The van der Waals surface area contributed by atoms with E-state index in [0.29, 0.717) is 12.0 Å². The fourth-order valence-electron chi connectivity index (χ4n) is 1.67. The predicted octanol–water partition coefficient (Wildman–Crippen LogP) is 3.57. The van der Waals surface area contributed by atoms with Crippen LogP contribution in [0.5, 0.6) is 0 Å². The van der Waals surface area contributed by atoms with Crippen LogP contribution in [0.4, 0.5) is 0 Å². The van der Waals surface area contributed by atoms with Crippen LogP contribution in [0.3, 0.4) is 0 Å². The van der Waals surface area contributed by atoms with E-state index < -0.39 is 0 Å². The van der Waals surface area contributed by atoms with Gasteiger partial charge in [-0.05, 0) is 31.6 Å². The molecular weight excluding hydrogens is 158 g/mol. The van der Waals surface area contributed by atoms with Gasteiger partial charge in [-0.25, -0.2) is 0 Å². The van der Waals surface area contributed by atoms with Gasteiger partial charge in [-0.2, -0.15) is 0 Å². The summed E-state index contributed by atoms with van der Waals surface area (Å²) in [5.41, 5.74) is 1.18. The molecule has 0 spiro atoms. The van der Waals surface area contributed by atoms with E-state index in [1.807, 2.05) is 0 Å². The van der Waals surface area contributed by atoms with Crippen molar-refractivity contribution in [3.05, 3.63) is 12.3 Å². The predicted molar refractivity (Wildman–Crippen MR) is 60.6 cm³/mol. The number of allylic oxidation sites excluding steroid dienone is 1. The van der Waals surface area contributed by atoms with Gasteiger partial charge in [-0.3, -0.25) is 0 Å². The normalized spacial score (nSPS) is 13.5. The fourth-order valence-corrected chi connectivity index (χ4v) is 1.67. The van der Waals surface area contributed by atoms with Crippen molar-refractivity contribution in [1.82, 2.24) is 5.32 Å². The van der Waals surface area contributed by atoms with Crippen molar-refractivity contribution in [3.8, 4) is 0 Å². The first-order chi connectivity index (χ1) is 5.91. The molecule has 78 valence electrons. The Morgan fingerprint density at radius 2 is 1.62 bits per heavy atom. The third-order valence-electron chi connectivity index (χ3n) is 1.93. The van der Waals surface area contributed by atoms with Crippen molar-refractivity contribution < 1.29 is 0 Å². The molecule has 0 heterocycles. The molecule has 0 saturated heterocycles. The van der Waals surface area contributed by atoms with E-state index in [1.54, 1.807) is 0 Å². The topological polar surface area (TPSA) is 12.0 Å². The van der Waals surface area contributed by atoms with Crippen LogP contribution in [0.15, 0.2) is 12.3 Å². The van der Waals surface area contributed by atoms with E-state index in [2.05, 4.69) is 46.5 Å². The quantitative estimate of drug-likeness (QED) is 0.664. The maximum atomic E-state index is 4.03. The average molecular weight is 183 g/mol. The lowest BCUT2D eigenvalue weighted by molar-refractivity contribution is 0.457. The van der Waals surface area contributed by atoms with Crippen LogP contribution < -0.4 is 5.32 Å². The average Bonchev–Trinajstić information content (AvgIpc) is 1.80. The highest BCUT2D eigenvalue weighted by Crippen LogP contribution is 2.09. The van der Waals surface area contributed by atoms with Crippen LogP contribution in [-0.2, 0) is 0 Å². The van der Waals surface area contributed by atoms with Gasteiger partial charge in [0.2, 0.25) is 0 Å². The Hall–Kier alpha value is -0.460. The summed E-state index contributed by atoms with van der Waals surface area (Å²) in [7, 11) is 0. The van der Waals surface area contributed by atoms with Gasteiger partial charge in [0.15, 0.2) is 0 Å². The fraction of sp³-hybridized carbons (Fsp3) is 0.833. The molecule has 0 aliphatic heterocycles. The maximum absolute atomic E-state index is 4.03. The van der Waals surface area contributed by atoms with Gasteiger partial charge in [0, 0.05) is 11.7 Å². The summed E-state index contributed by atoms with van der Waals surface area (Å²) in [5.74, 6) is 1.46. The van der Waals surface area contributed by atoms with Gasteiger partial charge in [-0.1, -0.05) is 34.3 Å². The minimum atomic E-state index is 0.561. The summed E-state index contributed by atoms with van der Waals surface area (Å²) >= 11 is 0. The Kier molecular flexibility index (Phi) is 5.85. The summed E-state index contributed by atoms with van der Waals surface area (Å²) < 4.78 is 0. The molecule has 1 unspecified atom stereocenters. The Morgan fingerprint density at radius 3 is 2.00 bits per heavy atom. The van der Waals surface area contributed by atoms with E-state index in [1.165, 1.54) is 12.1 Å². The molecule has 0 aromatic heterocycles. The molecule has 1 atom stereocenters. The van der Waals surface area contributed by atoms with Crippen LogP contribution in [-0.4, -0.2) is 6.04 Å². The van der Waals surface area contributed by atoms with Crippen LogP contribution in [0.1, 0.15) is 47.5 Å². The molecule has 0 aliphatic carbocycles. The van der Waals surface area contributed by atoms with Crippen LogP contribution >= 0.6 is 0 Å². The Bertz CT molecular complexity index is 147. The summed E-state index contributed by atoms with van der Waals surface area (Å²) in [6.45, 7) is 15.2. The maximum Gasteiger partial charge on any atom is 0.0232 e. The minimum absolute atomic E-state index is 0.561. The van der Waals surface area contributed by atoms with E-state index in [-0.39, 0.29) is 0 Å². The molecule has 0 amide bonds. The third kappa shape index (κ3) is 7.89. The minimum Gasteiger partial charge on any atom is -0.386 e.